The van der Waals surface area contributed by atoms with E-state index in [4.69, 9.17) is 0 Å². The fourth-order valence-electron chi connectivity index (χ4n) is 4.92. The van der Waals surface area contributed by atoms with Gasteiger partial charge in [-0.1, -0.05) is 24.3 Å². The van der Waals surface area contributed by atoms with Crippen LogP contribution in [0.2, 0.25) is 0 Å². The van der Waals surface area contributed by atoms with Crippen molar-refractivity contribution in [3.8, 4) is 0 Å². The summed E-state index contributed by atoms with van der Waals surface area (Å²) in [6, 6.07) is 16.1. The molecule has 3 saturated heterocycles. The molecule has 30 heavy (non-hydrogen) atoms. The van der Waals surface area contributed by atoms with Crippen molar-refractivity contribution < 1.29 is 4.79 Å². The van der Waals surface area contributed by atoms with Gasteiger partial charge in [-0.05, 0) is 62.5 Å². The van der Waals surface area contributed by atoms with E-state index in [-0.39, 0.29) is 6.03 Å². The van der Waals surface area contributed by atoms with Gasteiger partial charge in [0.1, 0.15) is 0 Å². The van der Waals surface area contributed by atoms with Gasteiger partial charge in [-0.25, -0.2) is 4.79 Å². The van der Waals surface area contributed by atoms with E-state index in [1.165, 1.54) is 12.8 Å². The first-order valence-electron chi connectivity index (χ1n) is 11.1. The molecule has 160 valence electrons. The standard InChI is InChI=1S/C24H33N5O/c1-28(13-11-21-7-5-6-12-25-21)17-20-18-29-14-10-19(20)15-23(29)16-26-24(30)27-22-8-3-2-4-9-22/h2-9,12,19-20,23H,10-11,13-18H2,1H3,(H2,26,27,30)/t19-,20-,23+/m0/s1. The first-order chi connectivity index (χ1) is 14.7. The van der Waals surface area contributed by atoms with Gasteiger partial charge in [0.25, 0.3) is 0 Å². The van der Waals surface area contributed by atoms with Gasteiger partial charge >= 0.3 is 6.03 Å². The Morgan fingerprint density at radius 3 is 2.77 bits per heavy atom. The quantitative estimate of drug-likeness (QED) is 0.706. The van der Waals surface area contributed by atoms with Crippen molar-refractivity contribution in [1.29, 1.82) is 0 Å². The first-order valence-corrected chi connectivity index (χ1v) is 11.1. The minimum Gasteiger partial charge on any atom is -0.336 e. The van der Waals surface area contributed by atoms with Crippen molar-refractivity contribution in [2.75, 3.05) is 45.1 Å². The molecule has 0 radical (unpaired) electrons. The molecule has 2 N–H and O–H groups in total. The van der Waals surface area contributed by atoms with Crippen molar-refractivity contribution in [2.24, 2.45) is 11.8 Å². The van der Waals surface area contributed by atoms with Crippen molar-refractivity contribution in [3.63, 3.8) is 0 Å². The third kappa shape index (κ3) is 5.58. The number of urea groups is 1. The number of nitrogens with zero attached hydrogens (tertiary/aromatic N) is 3. The summed E-state index contributed by atoms with van der Waals surface area (Å²) in [6.07, 6.45) is 5.34. The second kappa shape index (κ2) is 10.0. The number of anilines is 1. The van der Waals surface area contributed by atoms with Gasteiger partial charge in [0.15, 0.2) is 0 Å². The molecule has 3 fully saturated rings. The summed E-state index contributed by atoms with van der Waals surface area (Å²) < 4.78 is 0. The molecular weight excluding hydrogens is 374 g/mol. The summed E-state index contributed by atoms with van der Waals surface area (Å²) in [5.74, 6) is 1.48. The molecule has 0 aliphatic carbocycles. The van der Waals surface area contributed by atoms with Crippen LogP contribution in [0.15, 0.2) is 54.7 Å². The van der Waals surface area contributed by atoms with E-state index in [0.717, 1.165) is 62.4 Å². The fraction of sp³-hybridized carbons (Fsp3) is 0.500. The lowest BCUT2D eigenvalue weighted by molar-refractivity contribution is -0.00803. The number of hydrogen-bond donors (Lipinski definition) is 2. The summed E-state index contributed by atoms with van der Waals surface area (Å²) in [5.41, 5.74) is 1.99. The number of hydrogen-bond acceptors (Lipinski definition) is 4. The van der Waals surface area contributed by atoms with Gasteiger partial charge in [-0.2, -0.15) is 0 Å². The number of rotatable bonds is 8. The molecule has 4 heterocycles. The minimum atomic E-state index is -0.116. The Balaban J connectivity index is 1.20. The molecule has 2 bridgehead atoms. The Morgan fingerprint density at radius 2 is 2.03 bits per heavy atom. The van der Waals surface area contributed by atoms with Crippen molar-refractivity contribution in [2.45, 2.75) is 25.3 Å². The largest absolute Gasteiger partial charge is 0.336 e. The van der Waals surface area contributed by atoms with Crippen LogP contribution in [-0.4, -0.2) is 66.6 Å². The lowest BCUT2D eigenvalue weighted by Crippen LogP contribution is -2.58. The lowest BCUT2D eigenvalue weighted by atomic mass is 9.75. The highest BCUT2D eigenvalue weighted by atomic mass is 16.2. The number of benzene rings is 1. The van der Waals surface area contributed by atoms with E-state index < -0.39 is 0 Å². The highest BCUT2D eigenvalue weighted by molar-refractivity contribution is 5.89. The summed E-state index contributed by atoms with van der Waals surface area (Å²) >= 11 is 0. The topological polar surface area (TPSA) is 60.5 Å². The SMILES string of the molecule is CN(CCc1ccccn1)C[C@H]1CN2CC[C@H]1C[C@@H]2CNC(=O)Nc1ccccc1. The first kappa shape index (κ1) is 20.8. The number of nitrogens with one attached hydrogen (secondary N) is 2. The van der Waals surface area contributed by atoms with E-state index in [2.05, 4.69) is 44.6 Å². The molecule has 1 aromatic heterocycles. The summed E-state index contributed by atoms with van der Waals surface area (Å²) in [6.45, 7) is 5.21. The van der Waals surface area contributed by atoms with E-state index in [1.54, 1.807) is 0 Å². The van der Waals surface area contributed by atoms with E-state index in [0.29, 0.717) is 6.04 Å². The number of para-hydroxylation sites is 1. The van der Waals surface area contributed by atoms with Gasteiger partial charge in [-0.15, -0.1) is 0 Å². The number of aromatic nitrogens is 1. The van der Waals surface area contributed by atoms with Crippen LogP contribution in [0.3, 0.4) is 0 Å². The van der Waals surface area contributed by atoms with E-state index in [1.807, 2.05) is 42.6 Å². The van der Waals surface area contributed by atoms with Crippen LogP contribution < -0.4 is 10.6 Å². The van der Waals surface area contributed by atoms with Crippen LogP contribution in [0.5, 0.6) is 0 Å². The number of carbonyl (C=O) groups excluding carboxylic acids is 1. The number of pyridine rings is 1. The maximum Gasteiger partial charge on any atom is 0.319 e. The molecule has 5 rings (SSSR count). The van der Waals surface area contributed by atoms with Crippen LogP contribution in [0.25, 0.3) is 0 Å². The molecular formula is C24H33N5O. The Bertz CT molecular complexity index is 800. The number of likely N-dealkylation sites (N-methyl/N-ethyl adjacent to an activating group) is 1. The Kier molecular flexibility index (Phi) is 6.97. The summed E-state index contributed by atoms with van der Waals surface area (Å²) in [7, 11) is 2.23. The van der Waals surface area contributed by atoms with Gasteiger partial charge in [0.2, 0.25) is 0 Å². The maximum absolute atomic E-state index is 12.2. The highest BCUT2D eigenvalue weighted by Gasteiger charge is 2.40. The zero-order valence-corrected chi connectivity index (χ0v) is 17.8. The average Bonchev–Trinajstić information content (AvgIpc) is 2.78. The number of fused-ring (bicyclic) bond motifs is 3. The van der Waals surface area contributed by atoms with Crippen LogP contribution in [0, 0.1) is 11.8 Å². The number of amides is 2. The molecule has 0 saturated carbocycles. The Hall–Kier alpha value is -2.44. The zero-order chi connectivity index (χ0) is 20.8. The summed E-state index contributed by atoms with van der Waals surface area (Å²) in [5, 5.41) is 5.98. The molecule has 2 amide bonds. The molecule has 4 atom stereocenters. The van der Waals surface area contributed by atoms with E-state index in [9.17, 15) is 4.79 Å². The maximum atomic E-state index is 12.2. The smallest absolute Gasteiger partial charge is 0.319 e. The van der Waals surface area contributed by atoms with E-state index >= 15 is 0 Å². The molecule has 1 unspecified atom stereocenters. The number of piperidine rings is 3. The Morgan fingerprint density at radius 1 is 1.20 bits per heavy atom. The number of carbonyl (C=O) groups is 1. The predicted molar refractivity (Wildman–Crippen MR) is 120 cm³/mol. The lowest BCUT2D eigenvalue weighted by Gasteiger charge is -2.50. The van der Waals surface area contributed by atoms with Crippen molar-refractivity contribution >= 4 is 11.7 Å². The monoisotopic (exact) mass is 407 g/mol. The minimum absolute atomic E-state index is 0.116. The molecule has 1 aromatic carbocycles. The third-order valence-corrected chi connectivity index (χ3v) is 6.57. The van der Waals surface area contributed by atoms with Gasteiger partial charge in [0, 0.05) is 56.2 Å². The molecule has 3 aliphatic rings. The highest BCUT2D eigenvalue weighted by Crippen LogP contribution is 2.36. The summed E-state index contributed by atoms with van der Waals surface area (Å²) in [4.78, 5) is 21.7. The second-order valence-electron chi connectivity index (χ2n) is 8.73. The van der Waals surface area contributed by atoms with Crippen molar-refractivity contribution in [1.82, 2.24) is 20.1 Å². The normalized spacial score (nSPS) is 25.3. The van der Waals surface area contributed by atoms with Gasteiger partial charge in [-0.3, -0.25) is 9.88 Å². The fourth-order valence-corrected chi connectivity index (χ4v) is 4.92. The average molecular weight is 408 g/mol. The predicted octanol–water partition coefficient (Wildman–Crippen LogP) is 3.09. The molecule has 6 heteroatoms. The Labute approximate surface area is 179 Å². The molecule has 6 nitrogen and oxygen atoms in total. The zero-order valence-electron chi connectivity index (χ0n) is 17.8. The second-order valence-corrected chi connectivity index (χ2v) is 8.73. The van der Waals surface area contributed by atoms with Crippen LogP contribution in [0.1, 0.15) is 18.5 Å². The van der Waals surface area contributed by atoms with Crippen LogP contribution in [0.4, 0.5) is 10.5 Å². The third-order valence-electron chi connectivity index (χ3n) is 6.57. The van der Waals surface area contributed by atoms with Gasteiger partial charge in [0.05, 0.1) is 0 Å². The molecule has 0 spiro atoms. The van der Waals surface area contributed by atoms with Crippen molar-refractivity contribution in [3.05, 3.63) is 60.4 Å². The van der Waals surface area contributed by atoms with Crippen LogP contribution >= 0.6 is 0 Å². The van der Waals surface area contributed by atoms with Crippen LogP contribution in [-0.2, 0) is 6.42 Å². The molecule has 2 aromatic rings. The molecule has 3 aliphatic heterocycles. The van der Waals surface area contributed by atoms with Gasteiger partial charge < -0.3 is 15.5 Å².